The van der Waals surface area contributed by atoms with Crippen LogP contribution in [0.3, 0.4) is 0 Å². The summed E-state index contributed by atoms with van der Waals surface area (Å²) in [6, 6.07) is 0. The number of nitrogens with zero attached hydrogens (tertiary/aromatic N) is 2. The van der Waals surface area contributed by atoms with Gasteiger partial charge in [0.05, 0.1) is 11.2 Å². The van der Waals surface area contributed by atoms with E-state index in [0.717, 1.165) is 18.4 Å². The quantitative estimate of drug-likeness (QED) is 0.781. The zero-order valence-corrected chi connectivity index (χ0v) is 10.5. The van der Waals surface area contributed by atoms with Crippen LogP contribution in [-0.4, -0.2) is 23.0 Å². The molecule has 2 nitrogen and oxygen atoms in total. The van der Waals surface area contributed by atoms with Crippen LogP contribution >= 0.6 is 11.3 Å². The summed E-state index contributed by atoms with van der Waals surface area (Å²) in [6.45, 7) is 8.23. The summed E-state index contributed by atoms with van der Waals surface area (Å²) in [5, 5.41) is 2.16. The van der Waals surface area contributed by atoms with Crippen molar-refractivity contribution in [2.45, 2.75) is 33.2 Å². The normalized spacial score (nSPS) is 22.7. The maximum absolute atomic E-state index is 4.34. The molecule has 0 amide bonds. The first-order valence-corrected chi connectivity index (χ1v) is 6.77. The summed E-state index contributed by atoms with van der Waals surface area (Å²) in [5.74, 6) is 1.76. The van der Waals surface area contributed by atoms with Crippen molar-refractivity contribution in [3.05, 3.63) is 16.6 Å². The molecule has 1 aliphatic rings. The molecule has 1 atom stereocenters. The molecule has 0 unspecified atom stereocenters. The van der Waals surface area contributed by atoms with Crippen molar-refractivity contribution in [1.82, 2.24) is 9.88 Å². The van der Waals surface area contributed by atoms with E-state index >= 15 is 0 Å². The van der Waals surface area contributed by atoms with Crippen LogP contribution in [0.2, 0.25) is 0 Å². The molecular weight excluding hydrogens is 204 g/mol. The fraction of sp³-hybridized carbons (Fsp3) is 0.750. The second-order valence-electron chi connectivity index (χ2n) is 5.00. The molecule has 0 aliphatic carbocycles. The predicted molar refractivity (Wildman–Crippen MR) is 65.0 cm³/mol. The molecule has 2 heterocycles. The predicted octanol–water partition coefficient (Wildman–Crippen LogP) is 3.01. The van der Waals surface area contributed by atoms with E-state index in [1.165, 1.54) is 31.6 Å². The van der Waals surface area contributed by atoms with Gasteiger partial charge in [-0.15, -0.1) is 11.3 Å². The van der Waals surface area contributed by atoms with Gasteiger partial charge < -0.3 is 0 Å². The standard InChI is InChI=1S/C12H20N2S/c1-10(2)5-11-3-4-14(6-11)7-12-8-15-9-13-12/h8-11H,3-7H2,1-2H3/t11-/m1/s1. The van der Waals surface area contributed by atoms with Crippen molar-refractivity contribution in [2.24, 2.45) is 11.8 Å². The van der Waals surface area contributed by atoms with Gasteiger partial charge in [0.1, 0.15) is 0 Å². The Morgan fingerprint density at radius 3 is 3.13 bits per heavy atom. The molecule has 1 aromatic rings. The van der Waals surface area contributed by atoms with E-state index in [1.54, 1.807) is 11.3 Å². The minimum Gasteiger partial charge on any atom is -0.297 e. The molecule has 0 N–H and O–H groups in total. The largest absolute Gasteiger partial charge is 0.297 e. The van der Waals surface area contributed by atoms with E-state index in [-0.39, 0.29) is 0 Å². The zero-order chi connectivity index (χ0) is 10.7. The van der Waals surface area contributed by atoms with Gasteiger partial charge in [-0.1, -0.05) is 13.8 Å². The van der Waals surface area contributed by atoms with Crippen LogP contribution < -0.4 is 0 Å². The molecule has 2 rings (SSSR count). The average molecular weight is 224 g/mol. The summed E-state index contributed by atoms with van der Waals surface area (Å²) in [6.07, 6.45) is 2.76. The minimum atomic E-state index is 0.842. The third kappa shape index (κ3) is 3.28. The first-order chi connectivity index (χ1) is 7.24. The minimum absolute atomic E-state index is 0.842. The second-order valence-corrected chi connectivity index (χ2v) is 5.72. The van der Waals surface area contributed by atoms with Crippen LogP contribution in [0, 0.1) is 11.8 Å². The molecule has 1 saturated heterocycles. The third-order valence-electron chi connectivity index (χ3n) is 3.04. The maximum atomic E-state index is 4.34. The third-order valence-corrected chi connectivity index (χ3v) is 3.68. The van der Waals surface area contributed by atoms with Crippen LogP contribution in [0.1, 0.15) is 32.4 Å². The first kappa shape index (κ1) is 11.1. The van der Waals surface area contributed by atoms with Crippen molar-refractivity contribution in [2.75, 3.05) is 13.1 Å². The molecule has 0 spiro atoms. The van der Waals surface area contributed by atoms with E-state index < -0.39 is 0 Å². The van der Waals surface area contributed by atoms with Crippen molar-refractivity contribution in [1.29, 1.82) is 0 Å². The van der Waals surface area contributed by atoms with E-state index in [2.05, 4.69) is 29.1 Å². The SMILES string of the molecule is CC(C)C[C@H]1CCN(Cc2cscn2)C1. The van der Waals surface area contributed by atoms with E-state index in [4.69, 9.17) is 0 Å². The molecule has 1 fully saturated rings. The Balaban J connectivity index is 1.78. The van der Waals surface area contributed by atoms with Crippen LogP contribution in [0.5, 0.6) is 0 Å². The lowest BCUT2D eigenvalue weighted by molar-refractivity contribution is 0.303. The van der Waals surface area contributed by atoms with Crippen molar-refractivity contribution >= 4 is 11.3 Å². The van der Waals surface area contributed by atoms with Gasteiger partial charge in [-0.05, 0) is 31.2 Å². The molecule has 15 heavy (non-hydrogen) atoms. The summed E-state index contributed by atoms with van der Waals surface area (Å²) in [7, 11) is 0. The van der Waals surface area contributed by atoms with Gasteiger partial charge in [0.15, 0.2) is 0 Å². The fourth-order valence-electron chi connectivity index (χ4n) is 2.46. The van der Waals surface area contributed by atoms with Crippen molar-refractivity contribution < 1.29 is 0 Å². The number of thiazole rings is 1. The Hall–Kier alpha value is -0.410. The molecule has 1 aliphatic heterocycles. The Morgan fingerprint density at radius 1 is 1.60 bits per heavy atom. The van der Waals surface area contributed by atoms with Crippen molar-refractivity contribution in [3.63, 3.8) is 0 Å². The summed E-state index contributed by atoms with van der Waals surface area (Å²) >= 11 is 1.70. The topological polar surface area (TPSA) is 16.1 Å². The van der Waals surface area contributed by atoms with Crippen LogP contribution in [0.15, 0.2) is 10.9 Å². The van der Waals surface area contributed by atoms with Gasteiger partial charge in [-0.2, -0.15) is 0 Å². The number of hydrogen-bond acceptors (Lipinski definition) is 3. The number of hydrogen-bond donors (Lipinski definition) is 0. The molecule has 1 aromatic heterocycles. The molecular formula is C12H20N2S. The lowest BCUT2D eigenvalue weighted by Gasteiger charge is -2.15. The average Bonchev–Trinajstić information content (AvgIpc) is 2.77. The molecule has 0 saturated carbocycles. The summed E-state index contributed by atoms with van der Waals surface area (Å²) in [5.41, 5.74) is 3.17. The fourth-order valence-corrected chi connectivity index (χ4v) is 3.01. The van der Waals surface area contributed by atoms with Crippen LogP contribution in [0.25, 0.3) is 0 Å². The van der Waals surface area contributed by atoms with Crippen LogP contribution in [0.4, 0.5) is 0 Å². The Bertz CT molecular complexity index is 282. The van der Waals surface area contributed by atoms with E-state index in [9.17, 15) is 0 Å². The lowest BCUT2D eigenvalue weighted by atomic mass is 9.97. The zero-order valence-electron chi connectivity index (χ0n) is 9.65. The number of rotatable bonds is 4. The van der Waals surface area contributed by atoms with E-state index in [1.807, 2.05) is 5.51 Å². The van der Waals surface area contributed by atoms with Gasteiger partial charge in [0.2, 0.25) is 0 Å². The van der Waals surface area contributed by atoms with Gasteiger partial charge in [-0.25, -0.2) is 4.98 Å². The number of aromatic nitrogens is 1. The van der Waals surface area contributed by atoms with Gasteiger partial charge >= 0.3 is 0 Å². The molecule has 3 heteroatoms. The summed E-state index contributed by atoms with van der Waals surface area (Å²) < 4.78 is 0. The van der Waals surface area contributed by atoms with Gasteiger partial charge in [-0.3, -0.25) is 4.90 Å². The van der Waals surface area contributed by atoms with Gasteiger partial charge in [0, 0.05) is 18.5 Å². The highest BCUT2D eigenvalue weighted by Crippen LogP contribution is 2.24. The highest BCUT2D eigenvalue weighted by atomic mass is 32.1. The molecule has 84 valence electrons. The Morgan fingerprint density at radius 2 is 2.47 bits per heavy atom. The Kier molecular flexibility index (Phi) is 3.76. The number of likely N-dealkylation sites (tertiary alicyclic amines) is 1. The maximum Gasteiger partial charge on any atom is 0.0795 e. The Labute approximate surface area is 96.3 Å². The highest BCUT2D eigenvalue weighted by molar-refractivity contribution is 7.07. The second kappa shape index (κ2) is 5.08. The highest BCUT2D eigenvalue weighted by Gasteiger charge is 2.23. The van der Waals surface area contributed by atoms with E-state index in [0.29, 0.717) is 0 Å². The molecule has 0 aromatic carbocycles. The lowest BCUT2D eigenvalue weighted by Crippen LogP contribution is -2.20. The summed E-state index contributed by atoms with van der Waals surface area (Å²) in [4.78, 5) is 6.89. The first-order valence-electron chi connectivity index (χ1n) is 5.83. The van der Waals surface area contributed by atoms with Gasteiger partial charge in [0.25, 0.3) is 0 Å². The molecule has 0 bridgehead atoms. The van der Waals surface area contributed by atoms with Crippen LogP contribution in [-0.2, 0) is 6.54 Å². The monoisotopic (exact) mass is 224 g/mol. The van der Waals surface area contributed by atoms with Crippen molar-refractivity contribution in [3.8, 4) is 0 Å². The molecule has 0 radical (unpaired) electrons. The smallest absolute Gasteiger partial charge is 0.0795 e.